The van der Waals surface area contributed by atoms with Crippen molar-refractivity contribution in [1.29, 1.82) is 5.26 Å². The molecule has 1 fully saturated rings. The first-order chi connectivity index (χ1) is 8.33. The van der Waals surface area contributed by atoms with E-state index >= 15 is 0 Å². The maximum Gasteiger partial charge on any atom is 0.292 e. The highest BCUT2D eigenvalue weighted by Crippen LogP contribution is 2.21. The van der Waals surface area contributed by atoms with Crippen LogP contribution in [0.4, 0.5) is 0 Å². The van der Waals surface area contributed by atoms with Crippen molar-refractivity contribution in [2.24, 2.45) is 0 Å². The van der Waals surface area contributed by atoms with Crippen molar-refractivity contribution < 1.29 is 9.22 Å². The van der Waals surface area contributed by atoms with Crippen LogP contribution in [0.1, 0.15) is 24.3 Å². The zero-order valence-electron chi connectivity index (χ0n) is 9.56. The molecule has 0 N–H and O–H groups in total. The SMILES string of the molecule is N#CC(C(=O)[Si]1CCCCO1)c1ccccc1. The van der Waals surface area contributed by atoms with Gasteiger partial charge in [0, 0.05) is 6.61 Å². The topological polar surface area (TPSA) is 50.1 Å². The summed E-state index contributed by atoms with van der Waals surface area (Å²) in [4.78, 5) is 12.2. The molecule has 2 rings (SSSR count). The highest BCUT2D eigenvalue weighted by atomic mass is 28.3. The Morgan fingerprint density at radius 3 is 2.71 bits per heavy atom. The van der Waals surface area contributed by atoms with Crippen LogP contribution >= 0.6 is 0 Å². The van der Waals surface area contributed by atoms with Crippen LogP contribution in [0.3, 0.4) is 0 Å². The van der Waals surface area contributed by atoms with E-state index in [9.17, 15) is 10.1 Å². The summed E-state index contributed by atoms with van der Waals surface area (Å²) >= 11 is 0. The van der Waals surface area contributed by atoms with Crippen LogP contribution in [-0.4, -0.2) is 21.1 Å². The maximum absolute atomic E-state index is 12.2. The van der Waals surface area contributed by atoms with Gasteiger partial charge < -0.3 is 9.22 Å². The van der Waals surface area contributed by atoms with E-state index in [0.717, 1.165) is 24.4 Å². The molecule has 17 heavy (non-hydrogen) atoms. The second kappa shape index (κ2) is 5.76. The van der Waals surface area contributed by atoms with Gasteiger partial charge in [0.25, 0.3) is 9.04 Å². The van der Waals surface area contributed by atoms with Gasteiger partial charge in [-0.25, -0.2) is 0 Å². The summed E-state index contributed by atoms with van der Waals surface area (Å²) < 4.78 is 5.55. The summed E-state index contributed by atoms with van der Waals surface area (Å²) in [5.41, 5.74) is 0.784. The van der Waals surface area contributed by atoms with E-state index in [1.165, 1.54) is 0 Å². The Hall–Kier alpha value is -1.44. The summed E-state index contributed by atoms with van der Waals surface area (Å²) in [6, 6.07) is 12.2. The van der Waals surface area contributed by atoms with E-state index in [-0.39, 0.29) is 5.41 Å². The largest absolute Gasteiger partial charge is 0.409 e. The number of hydrogen-bond acceptors (Lipinski definition) is 3. The van der Waals surface area contributed by atoms with E-state index in [2.05, 4.69) is 6.07 Å². The molecule has 1 aliphatic rings. The molecular formula is C13H14NO2Si. The van der Waals surface area contributed by atoms with Crippen LogP contribution in [-0.2, 0) is 9.22 Å². The molecule has 1 aromatic rings. The minimum atomic E-state index is -1.45. The molecule has 0 saturated carbocycles. The normalized spacial score (nSPS) is 18.3. The molecule has 3 nitrogen and oxygen atoms in total. The molecule has 0 bridgehead atoms. The second-order valence-corrected chi connectivity index (χ2v) is 6.19. The van der Waals surface area contributed by atoms with Gasteiger partial charge in [-0.15, -0.1) is 0 Å². The fourth-order valence-corrected chi connectivity index (χ4v) is 3.99. The molecule has 1 aliphatic heterocycles. The molecule has 0 aromatic heterocycles. The molecule has 1 aromatic carbocycles. The van der Waals surface area contributed by atoms with Gasteiger partial charge >= 0.3 is 0 Å². The van der Waals surface area contributed by atoms with Gasteiger partial charge in [-0.3, -0.25) is 0 Å². The summed E-state index contributed by atoms with van der Waals surface area (Å²) in [6.07, 6.45) is 2.08. The molecule has 87 valence electrons. The molecular weight excluding hydrogens is 230 g/mol. The lowest BCUT2D eigenvalue weighted by Crippen LogP contribution is -2.36. The predicted octanol–water partition coefficient (Wildman–Crippen LogP) is 2.20. The van der Waals surface area contributed by atoms with E-state index in [0.29, 0.717) is 6.61 Å². The smallest absolute Gasteiger partial charge is 0.292 e. The Labute approximate surface area is 103 Å². The lowest BCUT2D eigenvalue weighted by Gasteiger charge is -2.20. The fourth-order valence-electron chi connectivity index (χ4n) is 1.94. The summed E-state index contributed by atoms with van der Waals surface area (Å²) in [5, 5.41) is 9.17. The Morgan fingerprint density at radius 2 is 2.12 bits per heavy atom. The minimum Gasteiger partial charge on any atom is -0.409 e. The van der Waals surface area contributed by atoms with Crippen molar-refractivity contribution in [2.75, 3.05) is 6.61 Å². The Balaban J connectivity index is 2.13. The van der Waals surface area contributed by atoms with Crippen molar-refractivity contribution in [2.45, 2.75) is 24.8 Å². The first-order valence-corrected chi connectivity index (χ1v) is 7.42. The van der Waals surface area contributed by atoms with Crippen LogP contribution in [0, 0.1) is 11.3 Å². The van der Waals surface area contributed by atoms with Crippen molar-refractivity contribution in [3.8, 4) is 6.07 Å². The Kier molecular flexibility index (Phi) is 4.07. The monoisotopic (exact) mass is 244 g/mol. The summed E-state index contributed by atoms with van der Waals surface area (Å²) in [6.45, 7) is 0.674. The van der Waals surface area contributed by atoms with Gasteiger partial charge in [-0.05, 0) is 18.0 Å². The number of carbonyl (C=O) groups is 1. The van der Waals surface area contributed by atoms with Crippen LogP contribution in [0.5, 0.6) is 0 Å². The van der Waals surface area contributed by atoms with Crippen LogP contribution < -0.4 is 0 Å². The second-order valence-electron chi connectivity index (χ2n) is 4.07. The molecule has 1 heterocycles. The first-order valence-electron chi connectivity index (χ1n) is 5.80. The molecule has 1 atom stereocenters. The zero-order chi connectivity index (χ0) is 12.1. The van der Waals surface area contributed by atoms with Crippen LogP contribution in [0.25, 0.3) is 0 Å². The number of rotatable bonds is 3. The van der Waals surface area contributed by atoms with Crippen molar-refractivity contribution in [3.63, 3.8) is 0 Å². The quantitative estimate of drug-likeness (QED) is 0.766. The maximum atomic E-state index is 12.2. The fraction of sp³-hybridized carbons (Fsp3) is 0.385. The number of hydrogen-bond donors (Lipinski definition) is 0. The van der Waals surface area contributed by atoms with E-state index in [4.69, 9.17) is 4.43 Å². The number of nitrogens with zero attached hydrogens (tertiary/aromatic N) is 1. The number of carbonyl (C=O) groups excluding carboxylic acids is 1. The molecule has 0 aliphatic carbocycles. The lowest BCUT2D eigenvalue weighted by atomic mass is 10.0. The van der Waals surface area contributed by atoms with Crippen molar-refractivity contribution >= 4 is 14.4 Å². The third-order valence-electron chi connectivity index (χ3n) is 2.87. The predicted molar refractivity (Wildman–Crippen MR) is 65.6 cm³/mol. The third kappa shape index (κ3) is 2.81. The van der Waals surface area contributed by atoms with Gasteiger partial charge in [-0.1, -0.05) is 36.8 Å². The van der Waals surface area contributed by atoms with Crippen molar-refractivity contribution in [3.05, 3.63) is 35.9 Å². The van der Waals surface area contributed by atoms with Crippen molar-refractivity contribution in [1.82, 2.24) is 0 Å². The molecule has 1 saturated heterocycles. The molecule has 0 spiro atoms. The first kappa shape index (κ1) is 12.0. The van der Waals surface area contributed by atoms with E-state index < -0.39 is 15.0 Å². The third-order valence-corrected chi connectivity index (χ3v) is 5.07. The van der Waals surface area contributed by atoms with Gasteiger partial charge in [0.1, 0.15) is 5.92 Å². The zero-order valence-corrected chi connectivity index (χ0v) is 10.6. The van der Waals surface area contributed by atoms with Gasteiger partial charge in [-0.2, -0.15) is 5.26 Å². The molecule has 1 unspecified atom stereocenters. The van der Waals surface area contributed by atoms with Crippen LogP contribution in [0.2, 0.25) is 6.04 Å². The van der Waals surface area contributed by atoms with Crippen LogP contribution in [0.15, 0.2) is 30.3 Å². The van der Waals surface area contributed by atoms with Gasteiger partial charge in [0.15, 0.2) is 5.41 Å². The Morgan fingerprint density at radius 1 is 1.35 bits per heavy atom. The number of benzene rings is 1. The minimum absolute atomic E-state index is 0.00315. The van der Waals surface area contributed by atoms with E-state index in [1.807, 2.05) is 30.3 Å². The standard InChI is InChI=1S/C13H14NO2Si/c14-10-12(11-6-2-1-3-7-11)13(15)17-9-5-4-8-16-17/h1-3,6-7,12H,4-5,8-9H2. The molecule has 4 heteroatoms. The van der Waals surface area contributed by atoms with Gasteiger partial charge in [0.2, 0.25) is 0 Å². The average molecular weight is 244 g/mol. The molecule has 1 radical (unpaired) electrons. The summed E-state index contributed by atoms with van der Waals surface area (Å²) in [7, 11) is -1.45. The highest BCUT2D eigenvalue weighted by molar-refractivity contribution is 6.86. The van der Waals surface area contributed by atoms with E-state index in [1.54, 1.807) is 0 Å². The highest BCUT2D eigenvalue weighted by Gasteiger charge is 2.32. The summed E-state index contributed by atoms with van der Waals surface area (Å²) in [5.74, 6) is -0.650. The Bertz CT molecular complexity index is 421. The average Bonchev–Trinajstić information content (AvgIpc) is 2.42. The lowest BCUT2D eigenvalue weighted by molar-refractivity contribution is -0.113. The molecule has 0 amide bonds. The van der Waals surface area contributed by atoms with Gasteiger partial charge in [0.05, 0.1) is 6.07 Å². The number of nitriles is 1.